The van der Waals surface area contributed by atoms with Crippen LogP contribution in [0.1, 0.15) is 29.5 Å². The summed E-state index contributed by atoms with van der Waals surface area (Å²) in [5.41, 5.74) is -0.975. The quantitative estimate of drug-likeness (QED) is 0.866. The molecule has 0 saturated carbocycles. The Kier molecular flexibility index (Phi) is 3.94. The van der Waals surface area contributed by atoms with Crippen molar-refractivity contribution >= 4 is 17.2 Å². The Bertz CT molecular complexity index is 651. The van der Waals surface area contributed by atoms with E-state index in [4.69, 9.17) is 0 Å². The van der Waals surface area contributed by atoms with Gasteiger partial charge in [-0.1, -0.05) is 6.07 Å². The molecule has 1 aliphatic heterocycles. The van der Waals surface area contributed by atoms with Crippen molar-refractivity contribution in [1.82, 2.24) is 14.7 Å². The number of aromatic nitrogens is 2. The minimum absolute atomic E-state index is 0.0325. The van der Waals surface area contributed by atoms with Crippen LogP contribution in [0.25, 0.3) is 0 Å². The Morgan fingerprint density at radius 1 is 1.41 bits per heavy atom. The molecule has 22 heavy (non-hydrogen) atoms. The summed E-state index contributed by atoms with van der Waals surface area (Å²) in [4.78, 5) is 15.2. The highest BCUT2D eigenvalue weighted by Gasteiger charge is 2.34. The first-order valence-electron chi connectivity index (χ1n) is 6.88. The lowest BCUT2D eigenvalue weighted by Crippen LogP contribution is -2.33. The summed E-state index contributed by atoms with van der Waals surface area (Å²) in [5, 5.41) is 5.39. The van der Waals surface area contributed by atoms with Crippen LogP contribution in [0.15, 0.2) is 29.8 Å². The number of rotatable bonds is 3. The molecule has 0 aliphatic carbocycles. The van der Waals surface area contributed by atoms with Crippen molar-refractivity contribution in [2.75, 3.05) is 6.54 Å². The molecular weight excluding hydrogens is 315 g/mol. The predicted molar refractivity (Wildman–Crippen MR) is 75.2 cm³/mol. The van der Waals surface area contributed by atoms with Gasteiger partial charge in [-0.25, -0.2) is 0 Å². The number of nitrogens with zero attached hydrogens (tertiary/aromatic N) is 3. The lowest BCUT2D eigenvalue weighted by molar-refractivity contribution is -0.142. The smallest absolute Gasteiger partial charge is 0.333 e. The standard InChI is InChI=1S/C14H14F3N3OS/c15-14(16,17)12-5-7-19(18-12)9-13(21)20-6-1-3-10(20)11-4-2-8-22-11/h2,4-5,7-8,10H,1,3,6,9H2. The Balaban J connectivity index is 1.70. The average Bonchev–Trinajstić information content (AvgIpc) is 3.18. The minimum atomic E-state index is -4.48. The van der Waals surface area contributed by atoms with Gasteiger partial charge in [-0.3, -0.25) is 9.48 Å². The van der Waals surface area contributed by atoms with E-state index >= 15 is 0 Å². The van der Waals surface area contributed by atoms with Gasteiger partial charge in [0.25, 0.3) is 0 Å². The van der Waals surface area contributed by atoms with E-state index < -0.39 is 11.9 Å². The average molecular weight is 329 g/mol. The first kappa shape index (κ1) is 15.1. The molecule has 0 bridgehead atoms. The van der Waals surface area contributed by atoms with Gasteiger partial charge in [-0.15, -0.1) is 11.3 Å². The molecule has 8 heteroatoms. The summed E-state index contributed by atoms with van der Waals surface area (Å²) in [6.07, 6.45) is -1.50. The number of hydrogen-bond donors (Lipinski definition) is 0. The molecule has 3 rings (SSSR count). The summed E-state index contributed by atoms with van der Waals surface area (Å²) in [5.74, 6) is -0.201. The van der Waals surface area contributed by atoms with Gasteiger partial charge in [-0.05, 0) is 30.4 Å². The van der Waals surface area contributed by atoms with Gasteiger partial charge in [0.15, 0.2) is 5.69 Å². The second-order valence-electron chi connectivity index (χ2n) is 5.16. The SMILES string of the molecule is O=C(Cn1ccc(C(F)(F)F)n1)N1CCCC1c1cccs1. The maximum atomic E-state index is 12.5. The molecule has 1 fully saturated rings. The van der Waals surface area contributed by atoms with Crippen LogP contribution < -0.4 is 0 Å². The molecular formula is C14H14F3N3OS. The summed E-state index contributed by atoms with van der Waals surface area (Å²) in [6, 6.07) is 4.83. The highest BCUT2D eigenvalue weighted by Crippen LogP contribution is 2.34. The molecule has 4 nitrogen and oxygen atoms in total. The van der Waals surface area contributed by atoms with Crippen molar-refractivity contribution in [2.45, 2.75) is 31.6 Å². The monoisotopic (exact) mass is 329 g/mol. The van der Waals surface area contributed by atoms with E-state index in [1.807, 2.05) is 17.5 Å². The number of likely N-dealkylation sites (tertiary alicyclic amines) is 1. The number of halogens is 3. The second kappa shape index (κ2) is 5.75. The van der Waals surface area contributed by atoms with E-state index in [2.05, 4.69) is 5.10 Å². The fourth-order valence-corrected chi connectivity index (χ4v) is 3.55. The van der Waals surface area contributed by atoms with Crippen LogP contribution in [0.2, 0.25) is 0 Å². The van der Waals surface area contributed by atoms with Gasteiger partial charge in [-0.2, -0.15) is 18.3 Å². The number of thiophene rings is 1. The van der Waals surface area contributed by atoms with Gasteiger partial charge >= 0.3 is 6.18 Å². The fraction of sp³-hybridized carbons (Fsp3) is 0.429. The van der Waals surface area contributed by atoms with Gasteiger partial charge in [0.1, 0.15) is 6.54 Å². The van der Waals surface area contributed by atoms with Crippen LogP contribution in [0.3, 0.4) is 0 Å². The largest absolute Gasteiger partial charge is 0.435 e. The molecule has 1 amide bonds. The van der Waals surface area contributed by atoms with E-state index in [1.54, 1.807) is 16.2 Å². The molecule has 1 aliphatic rings. The lowest BCUT2D eigenvalue weighted by Gasteiger charge is -2.23. The summed E-state index contributed by atoms with van der Waals surface area (Å²) in [7, 11) is 0. The third-order valence-corrected chi connectivity index (χ3v) is 4.65. The highest BCUT2D eigenvalue weighted by molar-refractivity contribution is 7.10. The van der Waals surface area contributed by atoms with Crippen molar-refractivity contribution in [3.8, 4) is 0 Å². The molecule has 1 saturated heterocycles. The van der Waals surface area contributed by atoms with E-state index in [0.717, 1.165) is 28.5 Å². The van der Waals surface area contributed by atoms with E-state index in [-0.39, 0.29) is 18.5 Å². The van der Waals surface area contributed by atoms with Crippen LogP contribution in [0.4, 0.5) is 13.2 Å². The molecule has 1 atom stereocenters. The minimum Gasteiger partial charge on any atom is -0.333 e. The maximum absolute atomic E-state index is 12.5. The van der Waals surface area contributed by atoms with Crippen molar-refractivity contribution in [3.63, 3.8) is 0 Å². The molecule has 2 aromatic heterocycles. The Morgan fingerprint density at radius 3 is 2.86 bits per heavy atom. The number of amides is 1. The molecule has 0 N–H and O–H groups in total. The van der Waals surface area contributed by atoms with Crippen molar-refractivity contribution in [2.24, 2.45) is 0 Å². The summed E-state index contributed by atoms with van der Waals surface area (Å²) >= 11 is 1.59. The van der Waals surface area contributed by atoms with Crippen molar-refractivity contribution in [1.29, 1.82) is 0 Å². The molecule has 1 unspecified atom stereocenters. The molecule has 2 aromatic rings. The molecule has 0 spiro atoms. The fourth-order valence-electron chi connectivity index (χ4n) is 2.67. The van der Waals surface area contributed by atoms with Gasteiger partial charge in [0.05, 0.1) is 6.04 Å². The highest BCUT2D eigenvalue weighted by atomic mass is 32.1. The third kappa shape index (κ3) is 3.01. The van der Waals surface area contributed by atoms with E-state index in [1.165, 1.54) is 6.20 Å². The zero-order chi connectivity index (χ0) is 15.7. The number of hydrogen-bond acceptors (Lipinski definition) is 3. The summed E-state index contributed by atoms with van der Waals surface area (Å²) < 4.78 is 38.6. The van der Waals surface area contributed by atoms with Crippen LogP contribution >= 0.6 is 11.3 Å². The van der Waals surface area contributed by atoms with E-state index in [9.17, 15) is 18.0 Å². The Morgan fingerprint density at radius 2 is 2.23 bits per heavy atom. The maximum Gasteiger partial charge on any atom is 0.435 e. The topological polar surface area (TPSA) is 38.1 Å². The normalized spacial score (nSPS) is 18.9. The van der Waals surface area contributed by atoms with Gasteiger partial charge in [0.2, 0.25) is 5.91 Å². The van der Waals surface area contributed by atoms with E-state index in [0.29, 0.717) is 6.54 Å². The first-order valence-corrected chi connectivity index (χ1v) is 7.76. The Labute approximate surface area is 129 Å². The number of alkyl halides is 3. The van der Waals surface area contributed by atoms with Crippen LogP contribution in [0, 0.1) is 0 Å². The first-order chi connectivity index (χ1) is 10.4. The van der Waals surface area contributed by atoms with Gasteiger partial charge in [0, 0.05) is 17.6 Å². The molecule has 3 heterocycles. The zero-order valence-electron chi connectivity index (χ0n) is 11.6. The zero-order valence-corrected chi connectivity index (χ0v) is 12.4. The lowest BCUT2D eigenvalue weighted by atomic mass is 10.2. The third-order valence-electron chi connectivity index (χ3n) is 3.67. The number of carbonyl (C=O) groups is 1. The summed E-state index contributed by atoms with van der Waals surface area (Å²) in [6.45, 7) is 0.465. The number of carbonyl (C=O) groups excluding carboxylic acids is 1. The van der Waals surface area contributed by atoms with Gasteiger partial charge < -0.3 is 4.90 Å². The van der Waals surface area contributed by atoms with Crippen LogP contribution in [-0.2, 0) is 17.5 Å². The van der Waals surface area contributed by atoms with Crippen molar-refractivity contribution in [3.05, 3.63) is 40.3 Å². The molecule has 0 radical (unpaired) electrons. The van der Waals surface area contributed by atoms with Crippen LogP contribution in [-0.4, -0.2) is 27.1 Å². The second-order valence-corrected chi connectivity index (χ2v) is 6.14. The Hall–Kier alpha value is -1.83. The predicted octanol–water partition coefficient (Wildman–Crippen LogP) is 3.33. The van der Waals surface area contributed by atoms with Crippen molar-refractivity contribution < 1.29 is 18.0 Å². The van der Waals surface area contributed by atoms with Crippen LogP contribution in [0.5, 0.6) is 0 Å². The molecule has 118 valence electrons. The molecule has 0 aromatic carbocycles.